The first-order valence-corrected chi connectivity index (χ1v) is 6.55. The average molecular weight is 227 g/mol. The number of rotatable bonds is 9. The second-order valence-electron chi connectivity index (χ2n) is 4.39. The summed E-state index contributed by atoms with van der Waals surface area (Å²) >= 11 is 0. The van der Waals surface area contributed by atoms with Gasteiger partial charge < -0.3 is 10.1 Å². The normalized spacial score (nSPS) is 13.8. The molecule has 0 aliphatic rings. The van der Waals surface area contributed by atoms with Crippen LogP contribution in [-0.2, 0) is 4.74 Å². The molecule has 0 aliphatic heterocycles. The Labute approximate surface area is 101 Å². The minimum Gasteiger partial charge on any atom is -0.377 e. The molecule has 1 unspecified atom stereocenters. The molecule has 2 heteroatoms. The molecule has 0 spiro atoms. The number of nitrogens with one attached hydrogen (secondary N) is 1. The molecule has 0 bridgehead atoms. The molecule has 16 heavy (non-hydrogen) atoms. The molecule has 2 nitrogen and oxygen atoms in total. The van der Waals surface area contributed by atoms with E-state index in [4.69, 9.17) is 4.74 Å². The number of ether oxygens (including phenoxy) is 1. The van der Waals surface area contributed by atoms with Crippen molar-refractivity contribution in [3.63, 3.8) is 0 Å². The monoisotopic (exact) mass is 227 g/mol. The van der Waals surface area contributed by atoms with E-state index in [0.29, 0.717) is 6.04 Å². The lowest BCUT2D eigenvalue weighted by atomic mass is 9.84. The van der Waals surface area contributed by atoms with Gasteiger partial charge in [0.2, 0.25) is 0 Å². The third kappa shape index (κ3) is 3.91. The quantitative estimate of drug-likeness (QED) is 0.608. The first-order chi connectivity index (χ1) is 7.60. The summed E-state index contributed by atoms with van der Waals surface area (Å²) in [5, 5.41) is 3.56. The van der Waals surface area contributed by atoms with Crippen molar-refractivity contribution in [2.45, 2.75) is 65.0 Å². The molecule has 0 aromatic heterocycles. The summed E-state index contributed by atoms with van der Waals surface area (Å²) in [5.74, 6) is 0. The molecule has 0 radical (unpaired) electrons. The highest BCUT2D eigenvalue weighted by molar-refractivity contribution is 5.03. The van der Waals surface area contributed by atoms with Crippen molar-refractivity contribution in [1.82, 2.24) is 5.32 Å². The highest BCUT2D eigenvalue weighted by Gasteiger charge is 2.35. The van der Waals surface area contributed by atoms with Gasteiger partial charge in [-0.2, -0.15) is 0 Å². The fourth-order valence-corrected chi connectivity index (χ4v) is 2.30. The standard InChI is InChI=1S/C14H29NO/c1-7-12(5)11-13(15-10-4)14(8-2,9-3)16-6/h13,15H,5,7-11H2,1-4,6H3. The molecule has 0 aromatic rings. The number of hydrogen-bond acceptors (Lipinski definition) is 2. The van der Waals surface area contributed by atoms with Gasteiger partial charge in [0.25, 0.3) is 0 Å². The van der Waals surface area contributed by atoms with E-state index < -0.39 is 0 Å². The van der Waals surface area contributed by atoms with Gasteiger partial charge in [-0.15, -0.1) is 0 Å². The minimum absolute atomic E-state index is 0.0475. The van der Waals surface area contributed by atoms with Gasteiger partial charge in [-0.05, 0) is 32.2 Å². The fourth-order valence-electron chi connectivity index (χ4n) is 2.30. The van der Waals surface area contributed by atoms with E-state index in [1.54, 1.807) is 0 Å². The maximum absolute atomic E-state index is 5.79. The average Bonchev–Trinajstić information content (AvgIpc) is 2.32. The summed E-state index contributed by atoms with van der Waals surface area (Å²) in [6.45, 7) is 13.8. The van der Waals surface area contributed by atoms with Crippen molar-refractivity contribution >= 4 is 0 Å². The Balaban J connectivity index is 4.76. The molecule has 96 valence electrons. The molecular formula is C14H29NO. The molecular weight excluding hydrogens is 198 g/mol. The largest absolute Gasteiger partial charge is 0.377 e. The van der Waals surface area contributed by atoms with Crippen LogP contribution >= 0.6 is 0 Å². The van der Waals surface area contributed by atoms with Crippen molar-refractivity contribution in [3.8, 4) is 0 Å². The molecule has 1 N–H and O–H groups in total. The first-order valence-electron chi connectivity index (χ1n) is 6.55. The Morgan fingerprint density at radius 2 is 1.81 bits per heavy atom. The molecule has 0 amide bonds. The van der Waals surface area contributed by atoms with Crippen molar-refractivity contribution in [2.75, 3.05) is 13.7 Å². The summed E-state index contributed by atoms with van der Waals surface area (Å²) in [7, 11) is 1.83. The van der Waals surface area contributed by atoms with Crippen molar-refractivity contribution in [3.05, 3.63) is 12.2 Å². The van der Waals surface area contributed by atoms with Crippen LogP contribution in [0, 0.1) is 0 Å². The second kappa shape index (κ2) is 7.86. The molecule has 0 heterocycles. The van der Waals surface area contributed by atoms with Crippen LogP contribution < -0.4 is 5.32 Å². The zero-order valence-corrected chi connectivity index (χ0v) is 11.7. The molecule has 0 aliphatic carbocycles. The summed E-state index contributed by atoms with van der Waals surface area (Å²) in [6.07, 6.45) is 4.14. The van der Waals surface area contributed by atoms with Gasteiger partial charge in [0.1, 0.15) is 0 Å². The Morgan fingerprint density at radius 1 is 1.25 bits per heavy atom. The Morgan fingerprint density at radius 3 is 2.12 bits per heavy atom. The van der Waals surface area contributed by atoms with E-state index in [9.17, 15) is 0 Å². The summed E-state index contributed by atoms with van der Waals surface area (Å²) < 4.78 is 5.79. The first kappa shape index (κ1) is 15.7. The van der Waals surface area contributed by atoms with E-state index in [2.05, 4.69) is 39.6 Å². The Bertz CT molecular complexity index is 189. The van der Waals surface area contributed by atoms with Crippen LogP contribution in [0.1, 0.15) is 53.4 Å². The van der Waals surface area contributed by atoms with Crippen LogP contribution in [0.5, 0.6) is 0 Å². The van der Waals surface area contributed by atoms with Gasteiger partial charge in [0, 0.05) is 13.2 Å². The van der Waals surface area contributed by atoms with Crippen molar-refractivity contribution < 1.29 is 4.74 Å². The van der Waals surface area contributed by atoms with Crippen LogP contribution in [0.3, 0.4) is 0 Å². The summed E-state index contributed by atoms with van der Waals surface area (Å²) in [4.78, 5) is 0. The van der Waals surface area contributed by atoms with Gasteiger partial charge in [0.05, 0.1) is 5.60 Å². The molecule has 0 aromatic carbocycles. The second-order valence-corrected chi connectivity index (χ2v) is 4.39. The molecule has 0 saturated heterocycles. The lowest BCUT2D eigenvalue weighted by Crippen LogP contribution is -2.51. The van der Waals surface area contributed by atoms with Crippen LogP contribution in [0.4, 0.5) is 0 Å². The number of hydrogen-bond donors (Lipinski definition) is 1. The highest BCUT2D eigenvalue weighted by Crippen LogP contribution is 2.28. The van der Waals surface area contributed by atoms with Crippen molar-refractivity contribution in [1.29, 1.82) is 0 Å². The van der Waals surface area contributed by atoms with Gasteiger partial charge in [-0.1, -0.05) is 39.8 Å². The molecule has 0 fully saturated rings. The van der Waals surface area contributed by atoms with Crippen LogP contribution in [0.2, 0.25) is 0 Å². The SMILES string of the molecule is C=C(CC)CC(NCC)C(CC)(CC)OC. The zero-order valence-electron chi connectivity index (χ0n) is 11.7. The van der Waals surface area contributed by atoms with Crippen LogP contribution in [0.25, 0.3) is 0 Å². The van der Waals surface area contributed by atoms with E-state index in [1.807, 2.05) is 7.11 Å². The zero-order chi connectivity index (χ0) is 12.6. The van der Waals surface area contributed by atoms with E-state index in [-0.39, 0.29) is 5.60 Å². The molecule has 0 rings (SSSR count). The lowest BCUT2D eigenvalue weighted by molar-refractivity contribution is -0.0469. The van der Waals surface area contributed by atoms with E-state index >= 15 is 0 Å². The molecule has 0 saturated carbocycles. The van der Waals surface area contributed by atoms with Gasteiger partial charge >= 0.3 is 0 Å². The lowest BCUT2D eigenvalue weighted by Gasteiger charge is -2.39. The predicted molar refractivity (Wildman–Crippen MR) is 71.8 cm³/mol. The van der Waals surface area contributed by atoms with Crippen LogP contribution in [0.15, 0.2) is 12.2 Å². The highest BCUT2D eigenvalue weighted by atomic mass is 16.5. The number of likely N-dealkylation sites (N-methyl/N-ethyl adjacent to an activating group) is 1. The molecule has 1 atom stereocenters. The Hall–Kier alpha value is -0.340. The maximum atomic E-state index is 5.79. The maximum Gasteiger partial charge on any atom is 0.0828 e. The number of methoxy groups -OCH3 is 1. The predicted octanol–water partition coefficient (Wildman–Crippen LogP) is 3.53. The van der Waals surface area contributed by atoms with Gasteiger partial charge in [0.15, 0.2) is 0 Å². The Kier molecular flexibility index (Phi) is 7.69. The van der Waals surface area contributed by atoms with Crippen LogP contribution in [-0.4, -0.2) is 25.3 Å². The smallest absolute Gasteiger partial charge is 0.0828 e. The minimum atomic E-state index is -0.0475. The third-order valence-electron chi connectivity index (χ3n) is 3.68. The van der Waals surface area contributed by atoms with E-state index in [0.717, 1.165) is 32.2 Å². The summed E-state index contributed by atoms with van der Waals surface area (Å²) in [6, 6.07) is 0.380. The summed E-state index contributed by atoms with van der Waals surface area (Å²) in [5.41, 5.74) is 1.25. The fraction of sp³-hybridized carbons (Fsp3) is 0.857. The van der Waals surface area contributed by atoms with E-state index in [1.165, 1.54) is 5.57 Å². The van der Waals surface area contributed by atoms with Crippen molar-refractivity contribution in [2.24, 2.45) is 0 Å². The van der Waals surface area contributed by atoms with Gasteiger partial charge in [-0.25, -0.2) is 0 Å². The van der Waals surface area contributed by atoms with Gasteiger partial charge in [-0.3, -0.25) is 0 Å². The topological polar surface area (TPSA) is 21.3 Å². The third-order valence-corrected chi connectivity index (χ3v) is 3.68.